The van der Waals surface area contributed by atoms with Crippen molar-refractivity contribution in [1.29, 1.82) is 5.26 Å². The van der Waals surface area contributed by atoms with Crippen LogP contribution in [0.5, 0.6) is 0 Å². The molecular formula is C31H31NO5. The van der Waals surface area contributed by atoms with Gasteiger partial charge in [-0.25, -0.2) is 0 Å². The Morgan fingerprint density at radius 1 is 0.919 bits per heavy atom. The molecule has 0 aliphatic carbocycles. The topological polar surface area (TPSA) is 80.9 Å². The summed E-state index contributed by atoms with van der Waals surface area (Å²) in [5, 5.41) is 19.4. The summed E-state index contributed by atoms with van der Waals surface area (Å²) in [6.45, 7) is 5.68. The van der Waals surface area contributed by atoms with Crippen molar-refractivity contribution in [2.24, 2.45) is 0 Å². The zero-order chi connectivity index (χ0) is 26.1. The minimum absolute atomic E-state index is 0.0803. The molecule has 2 aliphatic heterocycles. The molecule has 2 fully saturated rings. The number of nitrogens with zero attached hydrogens (tertiary/aromatic N) is 1. The van der Waals surface area contributed by atoms with Crippen LogP contribution in [0.4, 0.5) is 0 Å². The molecule has 2 aliphatic rings. The molecule has 0 spiro atoms. The minimum Gasteiger partial charge on any atom is -0.514 e. The van der Waals surface area contributed by atoms with E-state index in [1.54, 1.807) is 0 Å². The van der Waals surface area contributed by atoms with Gasteiger partial charge in [-0.2, -0.15) is 5.26 Å². The predicted molar refractivity (Wildman–Crippen MR) is 139 cm³/mol. The van der Waals surface area contributed by atoms with Crippen LogP contribution < -0.4 is 0 Å². The molecule has 3 aromatic carbocycles. The van der Waals surface area contributed by atoms with Gasteiger partial charge in [0.1, 0.15) is 35.6 Å². The summed E-state index contributed by atoms with van der Waals surface area (Å²) < 4.78 is 25.9. The summed E-state index contributed by atoms with van der Waals surface area (Å²) in [4.78, 5) is 0. The maximum absolute atomic E-state index is 9.75. The summed E-state index contributed by atoms with van der Waals surface area (Å²) in [6, 6.07) is 32.3. The molecule has 0 saturated carbocycles. The second kappa shape index (κ2) is 9.77. The molecule has 1 N–H and O–H groups in total. The summed E-state index contributed by atoms with van der Waals surface area (Å²) in [6.07, 6.45) is -1.10. The van der Waals surface area contributed by atoms with Gasteiger partial charge in [0.15, 0.2) is 5.79 Å². The van der Waals surface area contributed by atoms with Crippen molar-refractivity contribution in [3.63, 3.8) is 0 Å². The maximum atomic E-state index is 9.75. The van der Waals surface area contributed by atoms with Crippen LogP contribution >= 0.6 is 0 Å². The first kappa shape index (κ1) is 25.2. The predicted octanol–water partition coefficient (Wildman–Crippen LogP) is 5.64. The van der Waals surface area contributed by atoms with Crippen LogP contribution in [-0.4, -0.2) is 41.4 Å². The van der Waals surface area contributed by atoms with Gasteiger partial charge in [-0.3, -0.25) is 0 Å². The summed E-state index contributed by atoms with van der Waals surface area (Å²) >= 11 is 0. The van der Waals surface area contributed by atoms with E-state index >= 15 is 0 Å². The monoisotopic (exact) mass is 497 g/mol. The average molecular weight is 498 g/mol. The number of rotatable bonds is 7. The van der Waals surface area contributed by atoms with E-state index in [9.17, 15) is 10.4 Å². The third kappa shape index (κ3) is 4.35. The van der Waals surface area contributed by atoms with Crippen molar-refractivity contribution in [3.05, 3.63) is 120 Å². The fourth-order valence-corrected chi connectivity index (χ4v) is 5.70. The molecule has 0 amide bonds. The Kier molecular flexibility index (Phi) is 6.65. The largest absolute Gasteiger partial charge is 0.514 e. The maximum Gasteiger partial charge on any atom is 0.164 e. The Balaban J connectivity index is 1.58. The Hall–Kier alpha value is -3.47. The molecule has 4 atom stereocenters. The van der Waals surface area contributed by atoms with E-state index in [1.807, 2.05) is 81.4 Å². The standard InChI is InChI=1S/C31H31NO5/c1-29(2)36-28-26(35-27(22(19-32)20-33)30(28,3)37-29)21-34-31(23-13-7-4-8-14-23,24-15-9-5-10-16-24)25-17-11-6-12-18-25/h4-18,20,26-28,33H,21H2,1-3H3/t26-,27?,28-,30+/m1/s1. The van der Waals surface area contributed by atoms with Gasteiger partial charge in [-0.15, -0.1) is 0 Å². The van der Waals surface area contributed by atoms with Crippen LogP contribution in [0.2, 0.25) is 0 Å². The van der Waals surface area contributed by atoms with Crippen LogP contribution in [0, 0.1) is 11.3 Å². The van der Waals surface area contributed by atoms with Crippen molar-refractivity contribution in [3.8, 4) is 6.07 Å². The molecule has 0 aromatic heterocycles. The molecule has 1 unspecified atom stereocenters. The average Bonchev–Trinajstić information content (AvgIpc) is 3.32. The molecule has 2 saturated heterocycles. The first-order chi connectivity index (χ1) is 17.8. The first-order valence-corrected chi connectivity index (χ1v) is 12.4. The van der Waals surface area contributed by atoms with Gasteiger partial charge in [0, 0.05) is 0 Å². The number of hydrogen-bond acceptors (Lipinski definition) is 6. The molecule has 0 radical (unpaired) electrons. The Bertz CT molecular complexity index is 1190. The second-order valence-corrected chi connectivity index (χ2v) is 10.1. The summed E-state index contributed by atoms with van der Waals surface area (Å²) in [7, 11) is 0. The van der Waals surface area contributed by atoms with Crippen LogP contribution in [0.25, 0.3) is 0 Å². The number of aliphatic hydroxyl groups excluding tert-OH is 1. The third-order valence-corrected chi connectivity index (χ3v) is 7.17. The lowest BCUT2D eigenvalue weighted by molar-refractivity contribution is -0.203. The summed E-state index contributed by atoms with van der Waals surface area (Å²) in [5.74, 6) is -0.884. The molecule has 37 heavy (non-hydrogen) atoms. The quantitative estimate of drug-likeness (QED) is 0.259. The van der Waals surface area contributed by atoms with Crippen molar-refractivity contribution in [1.82, 2.24) is 0 Å². The molecule has 2 heterocycles. The smallest absolute Gasteiger partial charge is 0.164 e. The zero-order valence-corrected chi connectivity index (χ0v) is 21.2. The van der Waals surface area contributed by atoms with Crippen molar-refractivity contribution in [2.45, 2.75) is 56.1 Å². The first-order valence-electron chi connectivity index (χ1n) is 12.4. The fourth-order valence-electron chi connectivity index (χ4n) is 5.70. The number of benzene rings is 3. The van der Waals surface area contributed by atoms with Gasteiger partial charge in [-0.1, -0.05) is 91.0 Å². The van der Waals surface area contributed by atoms with E-state index in [4.69, 9.17) is 18.9 Å². The Labute approximate surface area is 217 Å². The normalized spacial score (nSPS) is 27.0. The fraction of sp³-hybridized carbons (Fsp3) is 0.323. The van der Waals surface area contributed by atoms with E-state index in [-0.39, 0.29) is 12.2 Å². The number of fused-ring (bicyclic) bond motifs is 1. The molecule has 5 rings (SSSR count). The number of nitriles is 1. The highest BCUT2D eigenvalue weighted by Gasteiger charge is 2.64. The van der Waals surface area contributed by atoms with Crippen LogP contribution in [-0.2, 0) is 24.5 Å². The molecule has 0 bridgehead atoms. The molecule has 190 valence electrons. The van der Waals surface area contributed by atoms with Crippen molar-refractivity contribution < 1.29 is 24.1 Å². The van der Waals surface area contributed by atoms with E-state index in [0.717, 1.165) is 23.0 Å². The third-order valence-electron chi connectivity index (χ3n) is 7.17. The lowest BCUT2D eigenvalue weighted by atomic mass is 9.80. The molecule has 6 nitrogen and oxygen atoms in total. The van der Waals surface area contributed by atoms with E-state index in [1.165, 1.54) is 0 Å². The second-order valence-electron chi connectivity index (χ2n) is 10.1. The molecular weight excluding hydrogens is 466 g/mol. The number of ether oxygens (including phenoxy) is 4. The van der Waals surface area contributed by atoms with Gasteiger partial charge in [-0.05, 0) is 37.5 Å². The zero-order valence-electron chi connectivity index (χ0n) is 21.2. The van der Waals surface area contributed by atoms with Gasteiger partial charge in [0.2, 0.25) is 0 Å². The molecule has 3 aromatic rings. The highest BCUT2D eigenvalue weighted by atomic mass is 16.8. The van der Waals surface area contributed by atoms with Gasteiger partial charge >= 0.3 is 0 Å². The molecule has 6 heteroatoms. The number of hydrogen-bond donors (Lipinski definition) is 1. The van der Waals surface area contributed by atoms with E-state index in [2.05, 4.69) is 36.4 Å². The SMILES string of the molecule is CC1(C)O[C@@H]2[C@@H](COC(c3ccccc3)(c3ccccc3)c3ccccc3)OC(C(C#N)=CO)[C@]2(C)O1. The van der Waals surface area contributed by atoms with Gasteiger partial charge in [0.05, 0.1) is 18.4 Å². The lowest BCUT2D eigenvalue weighted by Gasteiger charge is -2.37. The van der Waals surface area contributed by atoms with Gasteiger partial charge in [0.25, 0.3) is 0 Å². The minimum atomic E-state index is -0.975. The lowest BCUT2D eigenvalue weighted by Crippen LogP contribution is -2.45. The van der Waals surface area contributed by atoms with Gasteiger partial charge < -0.3 is 24.1 Å². The Morgan fingerprint density at radius 3 is 1.84 bits per heavy atom. The van der Waals surface area contributed by atoms with Crippen LogP contribution in [0.1, 0.15) is 37.5 Å². The summed E-state index contributed by atoms with van der Waals surface area (Å²) in [5.41, 5.74) is 1.10. The van der Waals surface area contributed by atoms with Crippen LogP contribution in [0.15, 0.2) is 103 Å². The van der Waals surface area contributed by atoms with Crippen molar-refractivity contribution >= 4 is 0 Å². The van der Waals surface area contributed by atoms with E-state index in [0.29, 0.717) is 0 Å². The van der Waals surface area contributed by atoms with Crippen molar-refractivity contribution in [2.75, 3.05) is 6.61 Å². The highest BCUT2D eigenvalue weighted by Crippen LogP contribution is 2.49. The Morgan fingerprint density at radius 2 is 1.41 bits per heavy atom. The van der Waals surface area contributed by atoms with Crippen LogP contribution in [0.3, 0.4) is 0 Å². The number of aliphatic hydroxyl groups is 1. The highest BCUT2D eigenvalue weighted by molar-refractivity contribution is 5.47. The van der Waals surface area contributed by atoms with E-state index < -0.39 is 35.3 Å².